The molecule has 16 heavy (non-hydrogen) atoms. The summed E-state index contributed by atoms with van der Waals surface area (Å²) in [6.07, 6.45) is 2.72. The Morgan fingerprint density at radius 1 is 1.56 bits per heavy atom. The number of nitrogens with zero attached hydrogens (tertiary/aromatic N) is 1. The lowest BCUT2D eigenvalue weighted by molar-refractivity contribution is -0.127. The highest BCUT2D eigenvalue weighted by Gasteiger charge is 2.13. The van der Waals surface area contributed by atoms with E-state index in [0.29, 0.717) is 0 Å². The standard InChI is InChI=1S/C11H16N2O2S/c1-4-9-6-12-11(16-9)8(3)13-10(15)5-7(2)14/h6,8H,4-5H2,1-3H3,(H,13,15). The lowest BCUT2D eigenvalue weighted by atomic mass is 10.2. The fourth-order valence-corrected chi connectivity index (χ4v) is 2.13. The first-order valence-corrected chi connectivity index (χ1v) is 6.08. The van der Waals surface area contributed by atoms with Crippen molar-refractivity contribution >= 4 is 23.0 Å². The van der Waals surface area contributed by atoms with Crippen LogP contribution in [0.2, 0.25) is 0 Å². The zero-order valence-electron chi connectivity index (χ0n) is 9.74. The number of Topliss-reactive ketones (excluding diaryl/α,β-unsaturated/α-hetero) is 1. The van der Waals surface area contributed by atoms with Crippen molar-refractivity contribution < 1.29 is 9.59 Å². The quantitative estimate of drug-likeness (QED) is 0.799. The van der Waals surface area contributed by atoms with Crippen molar-refractivity contribution in [3.63, 3.8) is 0 Å². The highest BCUT2D eigenvalue weighted by Crippen LogP contribution is 2.20. The summed E-state index contributed by atoms with van der Waals surface area (Å²) in [6.45, 7) is 5.34. The van der Waals surface area contributed by atoms with Crippen LogP contribution >= 0.6 is 11.3 Å². The highest BCUT2D eigenvalue weighted by molar-refractivity contribution is 7.11. The van der Waals surface area contributed by atoms with Gasteiger partial charge in [0.15, 0.2) is 0 Å². The van der Waals surface area contributed by atoms with Gasteiger partial charge < -0.3 is 5.32 Å². The average molecular weight is 240 g/mol. The van der Waals surface area contributed by atoms with Crippen LogP contribution in [0.3, 0.4) is 0 Å². The lowest BCUT2D eigenvalue weighted by Crippen LogP contribution is -2.27. The number of hydrogen-bond acceptors (Lipinski definition) is 4. The van der Waals surface area contributed by atoms with Crippen LogP contribution in [0.5, 0.6) is 0 Å². The third-order valence-electron chi connectivity index (χ3n) is 2.08. The minimum atomic E-state index is -0.242. The molecule has 1 amide bonds. The second-order valence-electron chi connectivity index (χ2n) is 3.69. The van der Waals surface area contributed by atoms with Crippen molar-refractivity contribution in [2.75, 3.05) is 0 Å². The van der Waals surface area contributed by atoms with Crippen LogP contribution in [0.1, 0.15) is 43.1 Å². The Morgan fingerprint density at radius 2 is 2.25 bits per heavy atom. The maximum absolute atomic E-state index is 11.4. The van der Waals surface area contributed by atoms with Gasteiger partial charge in [-0.2, -0.15) is 0 Å². The molecule has 0 saturated heterocycles. The van der Waals surface area contributed by atoms with Crippen LogP contribution < -0.4 is 5.32 Å². The molecule has 0 bridgehead atoms. The fraction of sp³-hybridized carbons (Fsp3) is 0.545. The first kappa shape index (κ1) is 12.8. The molecule has 1 rings (SSSR count). The largest absolute Gasteiger partial charge is 0.347 e. The molecule has 0 fully saturated rings. The van der Waals surface area contributed by atoms with E-state index in [1.54, 1.807) is 11.3 Å². The van der Waals surface area contributed by atoms with Crippen molar-refractivity contribution in [1.29, 1.82) is 0 Å². The van der Waals surface area contributed by atoms with E-state index in [9.17, 15) is 9.59 Å². The first-order chi connectivity index (χ1) is 7.52. The third-order valence-corrected chi connectivity index (χ3v) is 3.40. The molecule has 0 aliphatic carbocycles. The molecule has 1 aromatic heterocycles. The number of ketones is 1. The maximum Gasteiger partial charge on any atom is 0.227 e. The van der Waals surface area contributed by atoms with E-state index in [-0.39, 0.29) is 24.2 Å². The van der Waals surface area contributed by atoms with Gasteiger partial charge in [-0.1, -0.05) is 6.92 Å². The molecule has 0 aromatic carbocycles. The third kappa shape index (κ3) is 3.73. The van der Waals surface area contributed by atoms with Crippen LogP contribution in [-0.2, 0) is 16.0 Å². The molecule has 0 radical (unpaired) electrons. The van der Waals surface area contributed by atoms with Crippen LogP contribution in [0.25, 0.3) is 0 Å². The van der Waals surface area contributed by atoms with E-state index in [4.69, 9.17) is 0 Å². The summed E-state index contributed by atoms with van der Waals surface area (Å²) in [6, 6.07) is -0.128. The first-order valence-electron chi connectivity index (χ1n) is 5.26. The molecular formula is C11H16N2O2S. The predicted octanol–water partition coefficient (Wildman–Crippen LogP) is 1.86. The van der Waals surface area contributed by atoms with Crippen LogP contribution in [0.4, 0.5) is 0 Å². The molecule has 0 aliphatic rings. The van der Waals surface area contributed by atoms with Crippen LogP contribution in [0, 0.1) is 0 Å². The summed E-state index contributed by atoms with van der Waals surface area (Å²) in [5.41, 5.74) is 0. The normalized spacial score (nSPS) is 12.2. The SMILES string of the molecule is CCc1cnc(C(C)NC(=O)CC(C)=O)s1. The van der Waals surface area contributed by atoms with E-state index >= 15 is 0 Å². The molecule has 4 nitrogen and oxygen atoms in total. The summed E-state index contributed by atoms with van der Waals surface area (Å²) in [5.74, 6) is -0.369. The van der Waals surface area contributed by atoms with Crippen molar-refractivity contribution in [2.24, 2.45) is 0 Å². The number of nitrogens with one attached hydrogen (secondary N) is 1. The Kier molecular flexibility index (Phi) is 4.61. The summed E-state index contributed by atoms with van der Waals surface area (Å²) in [5, 5.41) is 3.64. The molecule has 1 unspecified atom stereocenters. The van der Waals surface area contributed by atoms with Gasteiger partial charge in [-0.15, -0.1) is 11.3 Å². The van der Waals surface area contributed by atoms with Gasteiger partial charge >= 0.3 is 0 Å². The predicted molar refractivity (Wildman–Crippen MR) is 63.3 cm³/mol. The molecule has 1 N–H and O–H groups in total. The number of aryl methyl sites for hydroxylation is 1. The van der Waals surface area contributed by atoms with Crippen LogP contribution in [-0.4, -0.2) is 16.7 Å². The molecular weight excluding hydrogens is 224 g/mol. The lowest BCUT2D eigenvalue weighted by Gasteiger charge is -2.09. The highest BCUT2D eigenvalue weighted by atomic mass is 32.1. The van der Waals surface area contributed by atoms with Crippen molar-refractivity contribution in [3.05, 3.63) is 16.1 Å². The molecule has 1 heterocycles. The Morgan fingerprint density at radius 3 is 2.75 bits per heavy atom. The summed E-state index contributed by atoms with van der Waals surface area (Å²) >= 11 is 1.59. The van der Waals surface area contributed by atoms with E-state index in [0.717, 1.165) is 11.4 Å². The molecule has 88 valence electrons. The van der Waals surface area contributed by atoms with E-state index in [1.165, 1.54) is 11.8 Å². The van der Waals surface area contributed by atoms with Gasteiger partial charge in [-0.3, -0.25) is 9.59 Å². The minimum Gasteiger partial charge on any atom is -0.347 e. The fourth-order valence-electron chi connectivity index (χ4n) is 1.27. The Balaban J connectivity index is 2.54. The topological polar surface area (TPSA) is 59.1 Å². The number of thiazole rings is 1. The van der Waals surface area contributed by atoms with Gasteiger partial charge in [-0.25, -0.2) is 4.98 Å². The molecule has 1 aromatic rings. The average Bonchev–Trinajstić information content (AvgIpc) is 2.64. The molecule has 0 saturated carbocycles. The van der Waals surface area contributed by atoms with Crippen molar-refractivity contribution in [2.45, 2.75) is 39.7 Å². The molecule has 0 spiro atoms. The van der Waals surface area contributed by atoms with Crippen molar-refractivity contribution in [1.82, 2.24) is 10.3 Å². The van der Waals surface area contributed by atoms with Gasteiger partial charge in [0.25, 0.3) is 0 Å². The Bertz CT molecular complexity index is 387. The second-order valence-corrected chi connectivity index (χ2v) is 4.83. The zero-order chi connectivity index (χ0) is 12.1. The van der Waals surface area contributed by atoms with Gasteiger partial charge in [0.1, 0.15) is 10.8 Å². The van der Waals surface area contributed by atoms with E-state index in [2.05, 4.69) is 17.2 Å². The van der Waals surface area contributed by atoms with Gasteiger partial charge in [0.05, 0.1) is 12.5 Å². The van der Waals surface area contributed by atoms with E-state index in [1.807, 2.05) is 13.1 Å². The smallest absolute Gasteiger partial charge is 0.227 e. The maximum atomic E-state index is 11.4. The van der Waals surface area contributed by atoms with Gasteiger partial charge in [0, 0.05) is 11.1 Å². The minimum absolute atomic E-state index is 0.0592. The number of hydrogen-bond donors (Lipinski definition) is 1. The monoisotopic (exact) mass is 240 g/mol. The van der Waals surface area contributed by atoms with Gasteiger partial charge in [0.2, 0.25) is 5.91 Å². The Labute approximate surface area is 99.1 Å². The summed E-state index contributed by atoms with van der Waals surface area (Å²) in [4.78, 5) is 27.5. The summed E-state index contributed by atoms with van der Waals surface area (Å²) in [7, 11) is 0. The summed E-state index contributed by atoms with van der Waals surface area (Å²) < 4.78 is 0. The molecule has 1 atom stereocenters. The van der Waals surface area contributed by atoms with E-state index < -0.39 is 0 Å². The second kappa shape index (κ2) is 5.75. The molecule has 5 heteroatoms. The Hall–Kier alpha value is -1.23. The molecule has 0 aliphatic heterocycles. The van der Waals surface area contributed by atoms with Crippen LogP contribution in [0.15, 0.2) is 6.20 Å². The zero-order valence-corrected chi connectivity index (χ0v) is 10.6. The number of amides is 1. The number of carbonyl (C=O) groups is 2. The van der Waals surface area contributed by atoms with Gasteiger partial charge in [-0.05, 0) is 20.3 Å². The number of aromatic nitrogens is 1. The number of carbonyl (C=O) groups excluding carboxylic acids is 2. The van der Waals surface area contributed by atoms with Crippen molar-refractivity contribution in [3.8, 4) is 0 Å². The number of rotatable bonds is 5.